The Labute approximate surface area is 128 Å². The first kappa shape index (κ1) is 14.1. The normalized spacial score (nSPS) is 14.6. The molecule has 0 fully saturated rings. The van der Waals surface area contributed by atoms with Gasteiger partial charge in [0, 0.05) is 32.4 Å². The van der Waals surface area contributed by atoms with Gasteiger partial charge < -0.3 is 0 Å². The van der Waals surface area contributed by atoms with Crippen LogP contribution in [0.1, 0.15) is 52.1 Å². The number of thioether (sulfide) groups is 1. The minimum absolute atomic E-state index is 0.0493. The van der Waals surface area contributed by atoms with Gasteiger partial charge in [0.05, 0.1) is 0 Å². The van der Waals surface area contributed by atoms with Crippen molar-refractivity contribution in [1.29, 1.82) is 0 Å². The van der Waals surface area contributed by atoms with Crippen LogP contribution in [-0.2, 0) is 0 Å². The molecule has 2 aromatic carbocycles. The Bertz CT molecular complexity index is 734. The Morgan fingerprint density at radius 3 is 2.10 bits per heavy atom. The van der Waals surface area contributed by atoms with Crippen molar-refractivity contribution >= 4 is 23.3 Å². The third-order valence-electron chi connectivity index (χ3n) is 3.81. The van der Waals surface area contributed by atoms with Crippen molar-refractivity contribution in [3.63, 3.8) is 0 Å². The monoisotopic (exact) mass is 296 g/mol. The topological polar surface area (TPSA) is 34.1 Å². The highest BCUT2D eigenvalue weighted by Gasteiger charge is 2.29. The molecule has 3 heteroatoms. The Balaban J connectivity index is 2.07. The van der Waals surface area contributed by atoms with Crippen LogP contribution >= 0.6 is 11.8 Å². The highest BCUT2D eigenvalue weighted by atomic mass is 32.2. The van der Waals surface area contributed by atoms with Crippen LogP contribution in [-0.4, -0.2) is 16.8 Å². The number of ketones is 2. The zero-order chi connectivity index (χ0) is 15.0. The fraction of sp³-hybridized carbons (Fsp3) is 0.222. The van der Waals surface area contributed by atoms with Gasteiger partial charge in [-0.1, -0.05) is 38.1 Å². The molecule has 0 saturated heterocycles. The van der Waals surface area contributed by atoms with Gasteiger partial charge in [-0.2, -0.15) is 0 Å². The SMILES string of the molecule is CCC(C)Sc1ccc2c(c1)C(=O)c1ccccc1C2=O. The van der Waals surface area contributed by atoms with Crippen molar-refractivity contribution < 1.29 is 9.59 Å². The van der Waals surface area contributed by atoms with E-state index in [1.807, 2.05) is 12.1 Å². The maximum atomic E-state index is 12.6. The summed E-state index contributed by atoms with van der Waals surface area (Å²) in [5, 5.41) is 0.490. The molecule has 1 unspecified atom stereocenters. The first-order valence-corrected chi connectivity index (χ1v) is 7.99. The Hall–Kier alpha value is -1.87. The predicted molar refractivity (Wildman–Crippen MR) is 85.4 cm³/mol. The number of rotatable bonds is 3. The van der Waals surface area contributed by atoms with Crippen molar-refractivity contribution in [1.82, 2.24) is 0 Å². The molecule has 1 aliphatic carbocycles. The fourth-order valence-electron chi connectivity index (χ4n) is 2.47. The molecule has 2 aromatic rings. The summed E-state index contributed by atoms with van der Waals surface area (Å²) in [6.45, 7) is 4.30. The molecular weight excluding hydrogens is 280 g/mol. The number of hydrogen-bond acceptors (Lipinski definition) is 3. The van der Waals surface area contributed by atoms with Crippen molar-refractivity contribution in [2.45, 2.75) is 30.4 Å². The van der Waals surface area contributed by atoms with E-state index in [0.717, 1.165) is 11.3 Å². The van der Waals surface area contributed by atoms with E-state index in [0.29, 0.717) is 27.5 Å². The minimum atomic E-state index is -0.0553. The first-order chi connectivity index (χ1) is 10.1. The molecule has 1 atom stereocenters. The molecule has 0 amide bonds. The van der Waals surface area contributed by atoms with E-state index in [4.69, 9.17) is 0 Å². The number of carbonyl (C=O) groups is 2. The molecule has 0 saturated carbocycles. The van der Waals surface area contributed by atoms with E-state index in [1.165, 1.54) is 0 Å². The summed E-state index contributed by atoms with van der Waals surface area (Å²) in [6, 6.07) is 12.6. The van der Waals surface area contributed by atoms with Gasteiger partial charge in [-0.15, -0.1) is 11.8 Å². The maximum absolute atomic E-state index is 12.6. The van der Waals surface area contributed by atoms with Crippen LogP contribution in [0.2, 0.25) is 0 Å². The van der Waals surface area contributed by atoms with E-state index in [-0.39, 0.29) is 11.6 Å². The van der Waals surface area contributed by atoms with Crippen molar-refractivity contribution in [2.75, 3.05) is 0 Å². The van der Waals surface area contributed by atoms with Gasteiger partial charge in [0.1, 0.15) is 0 Å². The molecule has 0 radical (unpaired) electrons. The molecule has 0 aromatic heterocycles. The molecule has 1 aliphatic rings. The van der Waals surface area contributed by atoms with Gasteiger partial charge in [0.2, 0.25) is 0 Å². The van der Waals surface area contributed by atoms with Gasteiger partial charge in [-0.05, 0) is 24.6 Å². The van der Waals surface area contributed by atoms with Gasteiger partial charge >= 0.3 is 0 Å². The van der Waals surface area contributed by atoms with Crippen LogP contribution in [0.15, 0.2) is 47.4 Å². The summed E-state index contributed by atoms with van der Waals surface area (Å²) in [5.41, 5.74) is 2.08. The smallest absolute Gasteiger partial charge is 0.194 e. The van der Waals surface area contributed by atoms with E-state index in [2.05, 4.69) is 13.8 Å². The largest absolute Gasteiger partial charge is 0.289 e. The van der Waals surface area contributed by atoms with Crippen molar-refractivity contribution in [3.8, 4) is 0 Å². The lowest BCUT2D eigenvalue weighted by atomic mass is 9.84. The third kappa shape index (κ3) is 2.42. The second kappa shape index (κ2) is 5.49. The molecule has 0 heterocycles. The standard InChI is InChI=1S/C18H16O2S/c1-3-11(2)21-12-8-9-15-16(10-12)18(20)14-7-5-4-6-13(14)17(15)19/h4-11H,3H2,1-2H3. The zero-order valence-corrected chi connectivity index (χ0v) is 12.9. The van der Waals surface area contributed by atoms with Crippen molar-refractivity contribution in [2.24, 2.45) is 0 Å². The van der Waals surface area contributed by atoms with Crippen LogP contribution in [0.25, 0.3) is 0 Å². The average molecular weight is 296 g/mol. The second-order valence-corrected chi connectivity index (χ2v) is 6.76. The quantitative estimate of drug-likeness (QED) is 0.674. The first-order valence-electron chi connectivity index (χ1n) is 7.11. The lowest BCUT2D eigenvalue weighted by Gasteiger charge is -2.18. The third-order valence-corrected chi connectivity index (χ3v) is 5.07. The number of benzene rings is 2. The van der Waals surface area contributed by atoms with Gasteiger partial charge in [0.25, 0.3) is 0 Å². The van der Waals surface area contributed by atoms with E-state index >= 15 is 0 Å². The van der Waals surface area contributed by atoms with E-state index in [1.54, 1.807) is 42.1 Å². The fourth-order valence-corrected chi connectivity index (χ4v) is 3.43. The summed E-state index contributed by atoms with van der Waals surface area (Å²) in [5.74, 6) is -0.105. The number of hydrogen-bond donors (Lipinski definition) is 0. The molecule has 106 valence electrons. The number of fused-ring (bicyclic) bond motifs is 2. The molecule has 2 nitrogen and oxygen atoms in total. The van der Waals surface area contributed by atoms with Gasteiger partial charge in [0.15, 0.2) is 11.6 Å². The molecule has 0 spiro atoms. The molecular formula is C18H16O2S. The second-order valence-electron chi connectivity index (χ2n) is 5.25. The van der Waals surface area contributed by atoms with Crippen LogP contribution in [0.4, 0.5) is 0 Å². The van der Waals surface area contributed by atoms with Crippen molar-refractivity contribution in [3.05, 3.63) is 64.7 Å². The van der Waals surface area contributed by atoms with Crippen LogP contribution < -0.4 is 0 Å². The molecule has 3 rings (SSSR count). The minimum Gasteiger partial charge on any atom is -0.289 e. The summed E-state index contributed by atoms with van der Waals surface area (Å²) in [6.07, 6.45) is 1.07. The Kier molecular flexibility index (Phi) is 3.68. The Morgan fingerprint density at radius 1 is 0.905 bits per heavy atom. The van der Waals surface area contributed by atoms with E-state index < -0.39 is 0 Å². The highest BCUT2D eigenvalue weighted by Crippen LogP contribution is 2.32. The van der Waals surface area contributed by atoms with Gasteiger partial charge in [-0.25, -0.2) is 0 Å². The van der Waals surface area contributed by atoms with Crippen LogP contribution in [0.5, 0.6) is 0 Å². The molecule has 0 N–H and O–H groups in total. The molecule has 0 aliphatic heterocycles. The lowest BCUT2D eigenvalue weighted by Crippen LogP contribution is -2.20. The summed E-state index contributed by atoms with van der Waals surface area (Å²) in [7, 11) is 0. The average Bonchev–Trinajstić information content (AvgIpc) is 2.52. The summed E-state index contributed by atoms with van der Waals surface area (Å²) >= 11 is 1.74. The molecule has 21 heavy (non-hydrogen) atoms. The summed E-state index contributed by atoms with van der Waals surface area (Å²) in [4.78, 5) is 26.1. The summed E-state index contributed by atoms with van der Waals surface area (Å²) < 4.78 is 0. The van der Waals surface area contributed by atoms with E-state index in [9.17, 15) is 9.59 Å². The lowest BCUT2D eigenvalue weighted by molar-refractivity contribution is 0.0979. The molecule has 0 bridgehead atoms. The highest BCUT2D eigenvalue weighted by molar-refractivity contribution is 7.99. The predicted octanol–water partition coefficient (Wildman–Crippen LogP) is 4.35. The zero-order valence-electron chi connectivity index (χ0n) is 12.1. The Morgan fingerprint density at radius 2 is 1.48 bits per heavy atom. The van der Waals surface area contributed by atoms with Crippen LogP contribution in [0, 0.1) is 0 Å². The van der Waals surface area contributed by atoms with Gasteiger partial charge in [-0.3, -0.25) is 9.59 Å². The van der Waals surface area contributed by atoms with Crippen LogP contribution in [0.3, 0.4) is 0 Å². The number of carbonyl (C=O) groups excluding carboxylic acids is 2. The maximum Gasteiger partial charge on any atom is 0.194 e.